The first kappa shape index (κ1) is 10.5. The second kappa shape index (κ2) is 4.30. The second-order valence-corrected chi connectivity index (χ2v) is 5.58. The van der Waals surface area contributed by atoms with Gasteiger partial charge in [-0.05, 0) is 32.6 Å². The predicted molar refractivity (Wildman–Crippen MR) is 65.9 cm³/mol. The van der Waals surface area contributed by atoms with E-state index in [-0.39, 0.29) is 0 Å². The Balaban J connectivity index is 1.75. The Morgan fingerprint density at radius 3 is 2.75 bits per heavy atom. The molecule has 2 unspecified atom stereocenters. The Bertz CT molecular complexity index is 328. The molecule has 0 amide bonds. The maximum Gasteiger partial charge on any atom is 0.208 e. The molecule has 16 heavy (non-hydrogen) atoms. The number of piperidine rings is 1. The van der Waals surface area contributed by atoms with Gasteiger partial charge in [-0.15, -0.1) is 10.2 Å². The predicted octanol–water partition coefficient (Wildman–Crippen LogP) is 1.65. The maximum absolute atomic E-state index is 4.21. The molecule has 2 aliphatic rings. The van der Waals surface area contributed by atoms with E-state index in [1.807, 2.05) is 5.51 Å². The number of hydrogen-bond acceptors (Lipinski definition) is 5. The number of hydrogen-bond donors (Lipinski definition) is 1. The van der Waals surface area contributed by atoms with Crippen LogP contribution in [-0.2, 0) is 0 Å². The summed E-state index contributed by atoms with van der Waals surface area (Å²) >= 11 is 1.66. The van der Waals surface area contributed by atoms with Gasteiger partial charge in [-0.25, -0.2) is 0 Å². The lowest BCUT2D eigenvalue weighted by Crippen LogP contribution is -2.48. The molecule has 3 heterocycles. The Kier molecular flexibility index (Phi) is 2.81. The molecule has 2 atom stereocenters. The first-order valence-electron chi connectivity index (χ1n) is 6.15. The van der Waals surface area contributed by atoms with Gasteiger partial charge in [-0.2, -0.15) is 0 Å². The fourth-order valence-electron chi connectivity index (χ4n) is 3.12. The Morgan fingerprint density at radius 1 is 1.44 bits per heavy atom. The molecule has 0 saturated carbocycles. The molecule has 1 N–H and O–H groups in total. The molecule has 0 radical (unpaired) electrons. The zero-order valence-corrected chi connectivity index (χ0v) is 10.4. The van der Waals surface area contributed by atoms with Gasteiger partial charge in [0.1, 0.15) is 5.51 Å². The molecule has 2 saturated heterocycles. The zero-order chi connectivity index (χ0) is 11.0. The van der Waals surface area contributed by atoms with Crippen LogP contribution in [0.2, 0.25) is 0 Å². The largest absolute Gasteiger partial charge is 0.344 e. The van der Waals surface area contributed by atoms with Gasteiger partial charge in [0.2, 0.25) is 5.13 Å². The lowest BCUT2D eigenvalue weighted by Gasteiger charge is -2.36. The van der Waals surface area contributed by atoms with Crippen LogP contribution in [0.15, 0.2) is 5.51 Å². The summed E-state index contributed by atoms with van der Waals surface area (Å²) in [4.78, 5) is 2.43. The minimum absolute atomic E-state index is 0.664. The Labute approximate surface area is 100 Å². The number of fused-ring (bicyclic) bond motifs is 2. The highest BCUT2D eigenvalue weighted by Crippen LogP contribution is 2.32. The molecule has 1 aromatic rings. The quantitative estimate of drug-likeness (QED) is 0.869. The van der Waals surface area contributed by atoms with E-state index < -0.39 is 0 Å². The molecule has 5 heteroatoms. The number of anilines is 1. The SMILES string of the molecule is CCN(c1nncs1)C1CC2CCC(C1)N2. The standard InChI is InChI=1S/C11H18N4S/c1-2-15(11-14-12-7-16-11)10-5-8-3-4-9(6-10)13-8/h7-10,13H,2-6H2,1H3. The van der Waals surface area contributed by atoms with E-state index >= 15 is 0 Å². The smallest absolute Gasteiger partial charge is 0.208 e. The van der Waals surface area contributed by atoms with E-state index in [1.54, 1.807) is 11.3 Å². The molecule has 0 aromatic carbocycles. The summed E-state index contributed by atoms with van der Waals surface area (Å²) in [6.07, 6.45) is 5.25. The van der Waals surface area contributed by atoms with Crippen molar-refractivity contribution in [3.8, 4) is 0 Å². The molecule has 2 fully saturated rings. The van der Waals surface area contributed by atoms with Gasteiger partial charge in [0.05, 0.1) is 0 Å². The number of nitrogens with one attached hydrogen (secondary N) is 1. The van der Waals surface area contributed by atoms with Gasteiger partial charge >= 0.3 is 0 Å². The van der Waals surface area contributed by atoms with Crippen molar-refractivity contribution in [3.05, 3.63) is 5.51 Å². The van der Waals surface area contributed by atoms with Crippen molar-refractivity contribution >= 4 is 16.5 Å². The van der Waals surface area contributed by atoms with Gasteiger partial charge in [0.25, 0.3) is 0 Å². The third-order valence-corrected chi connectivity index (χ3v) is 4.55. The molecular formula is C11H18N4S. The first-order chi connectivity index (χ1) is 7.86. The highest BCUT2D eigenvalue weighted by molar-refractivity contribution is 7.13. The summed E-state index contributed by atoms with van der Waals surface area (Å²) < 4.78 is 0. The number of rotatable bonds is 3. The number of nitrogens with zero attached hydrogens (tertiary/aromatic N) is 3. The van der Waals surface area contributed by atoms with Crippen molar-refractivity contribution in [2.24, 2.45) is 0 Å². The van der Waals surface area contributed by atoms with E-state index in [9.17, 15) is 0 Å². The van der Waals surface area contributed by atoms with Crippen LogP contribution in [0.3, 0.4) is 0 Å². The molecule has 0 aliphatic carbocycles. The molecule has 0 spiro atoms. The first-order valence-corrected chi connectivity index (χ1v) is 7.03. The topological polar surface area (TPSA) is 41.1 Å². The highest BCUT2D eigenvalue weighted by Gasteiger charge is 2.36. The molecule has 3 rings (SSSR count). The summed E-state index contributed by atoms with van der Waals surface area (Å²) in [5, 5.41) is 12.9. The van der Waals surface area contributed by atoms with Crippen LogP contribution >= 0.6 is 11.3 Å². The summed E-state index contributed by atoms with van der Waals surface area (Å²) in [6, 6.07) is 2.15. The van der Waals surface area contributed by atoms with Crippen molar-refractivity contribution in [2.75, 3.05) is 11.4 Å². The van der Waals surface area contributed by atoms with Crippen LogP contribution in [0.25, 0.3) is 0 Å². The monoisotopic (exact) mass is 238 g/mol. The van der Waals surface area contributed by atoms with E-state index in [0.29, 0.717) is 6.04 Å². The van der Waals surface area contributed by atoms with Crippen molar-refractivity contribution in [1.82, 2.24) is 15.5 Å². The van der Waals surface area contributed by atoms with Crippen LogP contribution < -0.4 is 10.2 Å². The van der Waals surface area contributed by atoms with Gasteiger partial charge in [0.15, 0.2) is 0 Å². The van der Waals surface area contributed by atoms with Crippen LogP contribution in [0.1, 0.15) is 32.6 Å². The molecule has 2 aliphatic heterocycles. The minimum atomic E-state index is 0.664. The van der Waals surface area contributed by atoms with Gasteiger partial charge in [-0.1, -0.05) is 11.3 Å². The zero-order valence-electron chi connectivity index (χ0n) is 9.59. The van der Waals surface area contributed by atoms with E-state index in [0.717, 1.165) is 23.8 Å². The second-order valence-electron chi connectivity index (χ2n) is 4.77. The maximum atomic E-state index is 4.21. The van der Waals surface area contributed by atoms with Gasteiger partial charge in [-0.3, -0.25) is 0 Å². The highest BCUT2D eigenvalue weighted by atomic mass is 32.1. The minimum Gasteiger partial charge on any atom is -0.344 e. The average molecular weight is 238 g/mol. The van der Waals surface area contributed by atoms with Gasteiger partial charge < -0.3 is 10.2 Å². The Morgan fingerprint density at radius 2 is 2.19 bits per heavy atom. The third-order valence-electron chi connectivity index (χ3n) is 3.82. The molecule has 1 aromatic heterocycles. The van der Waals surface area contributed by atoms with E-state index in [4.69, 9.17) is 0 Å². The van der Waals surface area contributed by atoms with Gasteiger partial charge in [0, 0.05) is 24.7 Å². The molecule has 2 bridgehead atoms. The van der Waals surface area contributed by atoms with Crippen LogP contribution in [0.4, 0.5) is 5.13 Å². The summed E-state index contributed by atoms with van der Waals surface area (Å²) in [7, 11) is 0. The van der Waals surface area contributed by atoms with Crippen molar-refractivity contribution in [1.29, 1.82) is 0 Å². The summed E-state index contributed by atoms with van der Waals surface area (Å²) in [6.45, 7) is 3.25. The van der Waals surface area contributed by atoms with Crippen molar-refractivity contribution in [3.63, 3.8) is 0 Å². The third kappa shape index (κ3) is 1.82. The fraction of sp³-hybridized carbons (Fsp3) is 0.818. The Hall–Kier alpha value is -0.680. The van der Waals surface area contributed by atoms with Crippen LogP contribution in [-0.4, -0.2) is 34.9 Å². The number of aromatic nitrogens is 2. The normalized spacial score (nSPS) is 32.9. The average Bonchev–Trinajstić information content (AvgIpc) is 2.90. The van der Waals surface area contributed by atoms with E-state index in [2.05, 4.69) is 27.3 Å². The van der Waals surface area contributed by atoms with Crippen molar-refractivity contribution < 1.29 is 0 Å². The lowest BCUT2D eigenvalue weighted by molar-refractivity contribution is 0.348. The summed E-state index contributed by atoms with van der Waals surface area (Å²) in [5.74, 6) is 0. The van der Waals surface area contributed by atoms with Crippen LogP contribution in [0.5, 0.6) is 0 Å². The molecule has 4 nitrogen and oxygen atoms in total. The fourth-order valence-corrected chi connectivity index (χ4v) is 3.82. The molecular weight excluding hydrogens is 220 g/mol. The van der Waals surface area contributed by atoms with E-state index in [1.165, 1.54) is 25.7 Å². The lowest BCUT2D eigenvalue weighted by atomic mass is 9.98. The van der Waals surface area contributed by atoms with Crippen LogP contribution in [0, 0.1) is 0 Å². The van der Waals surface area contributed by atoms with Crippen molar-refractivity contribution in [2.45, 2.75) is 50.7 Å². The molecule has 88 valence electrons. The summed E-state index contributed by atoms with van der Waals surface area (Å²) in [5.41, 5.74) is 1.83.